The van der Waals surface area contributed by atoms with Crippen LogP contribution in [0.2, 0.25) is 0 Å². The van der Waals surface area contributed by atoms with Gasteiger partial charge < -0.3 is 14.8 Å². The largest absolute Gasteiger partial charge is 0.496 e. The van der Waals surface area contributed by atoms with E-state index in [1.54, 1.807) is 14.2 Å². The number of benzene rings is 1. The summed E-state index contributed by atoms with van der Waals surface area (Å²) in [6.45, 7) is 5.04. The van der Waals surface area contributed by atoms with E-state index < -0.39 is 0 Å². The Labute approximate surface area is 104 Å². The Bertz CT molecular complexity index is 328. The zero-order chi connectivity index (χ0) is 12.7. The average molecular weight is 237 g/mol. The van der Waals surface area contributed by atoms with E-state index >= 15 is 0 Å². The Morgan fingerprint density at radius 2 is 1.82 bits per heavy atom. The van der Waals surface area contributed by atoms with Gasteiger partial charge in [0.15, 0.2) is 0 Å². The fraction of sp³-hybridized carbons (Fsp3) is 0.571. The summed E-state index contributed by atoms with van der Waals surface area (Å²) in [5, 5.41) is 3.50. The van der Waals surface area contributed by atoms with E-state index in [1.807, 2.05) is 18.2 Å². The van der Waals surface area contributed by atoms with Gasteiger partial charge in [0.2, 0.25) is 0 Å². The topological polar surface area (TPSA) is 30.5 Å². The van der Waals surface area contributed by atoms with Gasteiger partial charge in [0.25, 0.3) is 0 Å². The molecule has 1 N–H and O–H groups in total. The fourth-order valence-electron chi connectivity index (χ4n) is 2.04. The van der Waals surface area contributed by atoms with Crippen molar-refractivity contribution in [1.29, 1.82) is 0 Å². The lowest BCUT2D eigenvalue weighted by molar-refractivity contribution is 0.167. The minimum atomic E-state index is 0.365. The van der Waals surface area contributed by atoms with Gasteiger partial charge in [-0.15, -0.1) is 0 Å². The Balaban J connectivity index is 2.52. The number of nitrogens with one attached hydrogen (secondary N) is 1. The molecular formula is C14H23NO2. The molecular weight excluding hydrogens is 214 g/mol. The first-order chi connectivity index (χ1) is 8.17. The third kappa shape index (κ3) is 4.75. The number of ether oxygens (including phenoxy) is 2. The molecule has 2 unspecified atom stereocenters. The molecule has 0 heterocycles. The Kier molecular flexibility index (Phi) is 6.01. The van der Waals surface area contributed by atoms with Crippen LogP contribution in [0, 0.1) is 0 Å². The molecule has 0 spiro atoms. The Morgan fingerprint density at radius 1 is 1.12 bits per heavy atom. The van der Waals surface area contributed by atoms with Gasteiger partial charge in [-0.05, 0) is 31.9 Å². The van der Waals surface area contributed by atoms with Gasteiger partial charge in [-0.1, -0.05) is 18.2 Å². The second-order valence-corrected chi connectivity index (χ2v) is 4.44. The van der Waals surface area contributed by atoms with Crippen LogP contribution >= 0.6 is 0 Å². The molecule has 0 aliphatic heterocycles. The van der Waals surface area contributed by atoms with Crippen molar-refractivity contribution in [2.75, 3.05) is 20.8 Å². The molecule has 3 nitrogen and oxygen atoms in total. The summed E-state index contributed by atoms with van der Waals surface area (Å²) in [6, 6.07) is 8.91. The summed E-state index contributed by atoms with van der Waals surface area (Å²) in [6.07, 6.45) is 0.956. The maximum atomic E-state index is 5.35. The highest BCUT2D eigenvalue weighted by Crippen LogP contribution is 2.18. The van der Waals surface area contributed by atoms with E-state index in [4.69, 9.17) is 9.47 Å². The molecule has 0 aromatic heterocycles. The maximum absolute atomic E-state index is 5.35. The van der Waals surface area contributed by atoms with E-state index in [-0.39, 0.29) is 0 Å². The van der Waals surface area contributed by atoms with Crippen LogP contribution in [0.3, 0.4) is 0 Å². The van der Waals surface area contributed by atoms with Crippen molar-refractivity contribution in [3.05, 3.63) is 29.8 Å². The van der Waals surface area contributed by atoms with Gasteiger partial charge in [0.1, 0.15) is 5.75 Å². The number of methoxy groups -OCH3 is 2. The molecule has 0 amide bonds. The minimum absolute atomic E-state index is 0.365. The van der Waals surface area contributed by atoms with Crippen molar-refractivity contribution in [2.45, 2.75) is 32.4 Å². The molecule has 0 bridgehead atoms. The summed E-state index contributed by atoms with van der Waals surface area (Å²) in [4.78, 5) is 0. The zero-order valence-electron chi connectivity index (χ0n) is 11.2. The fourth-order valence-corrected chi connectivity index (χ4v) is 2.04. The average Bonchev–Trinajstić information content (AvgIpc) is 2.29. The monoisotopic (exact) mass is 237 g/mol. The first-order valence-corrected chi connectivity index (χ1v) is 6.04. The van der Waals surface area contributed by atoms with Crippen molar-refractivity contribution in [3.63, 3.8) is 0 Å². The minimum Gasteiger partial charge on any atom is -0.496 e. The molecule has 0 saturated heterocycles. The molecule has 1 aromatic carbocycles. The smallest absolute Gasteiger partial charge is 0.122 e. The van der Waals surface area contributed by atoms with Crippen LogP contribution in [0.1, 0.15) is 19.4 Å². The molecule has 2 atom stereocenters. The summed E-state index contributed by atoms with van der Waals surface area (Å²) in [5.41, 5.74) is 1.24. The van der Waals surface area contributed by atoms with Crippen molar-refractivity contribution in [3.8, 4) is 5.75 Å². The van der Waals surface area contributed by atoms with Crippen LogP contribution in [0.5, 0.6) is 5.75 Å². The summed E-state index contributed by atoms with van der Waals surface area (Å²) >= 11 is 0. The molecule has 0 fully saturated rings. The van der Waals surface area contributed by atoms with Crippen molar-refractivity contribution < 1.29 is 9.47 Å². The van der Waals surface area contributed by atoms with Crippen LogP contribution in [0.15, 0.2) is 24.3 Å². The summed E-state index contributed by atoms with van der Waals surface area (Å²) in [7, 11) is 3.44. The normalized spacial score (nSPS) is 14.4. The molecule has 0 saturated carbocycles. The predicted octanol–water partition coefficient (Wildman–Crippen LogP) is 2.25. The van der Waals surface area contributed by atoms with E-state index in [2.05, 4.69) is 25.2 Å². The van der Waals surface area contributed by atoms with E-state index in [0.29, 0.717) is 12.1 Å². The van der Waals surface area contributed by atoms with Crippen molar-refractivity contribution in [1.82, 2.24) is 5.32 Å². The zero-order valence-corrected chi connectivity index (χ0v) is 11.2. The summed E-state index contributed by atoms with van der Waals surface area (Å²) < 4.78 is 10.5. The highest BCUT2D eigenvalue weighted by atomic mass is 16.5. The lowest BCUT2D eigenvalue weighted by Gasteiger charge is -2.20. The predicted molar refractivity (Wildman–Crippen MR) is 70.6 cm³/mol. The number of para-hydroxylation sites is 1. The lowest BCUT2D eigenvalue weighted by atomic mass is 10.1. The van der Waals surface area contributed by atoms with Crippen LogP contribution in [0.4, 0.5) is 0 Å². The highest BCUT2D eigenvalue weighted by Gasteiger charge is 2.10. The van der Waals surface area contributed by atoms with Crippen molar-refractivity contribution in [2.24, 2.45) is 0 Å². The molecule has 96 valence electrons. The second-order valence-electron chi connectivity index (χ2n) is 4.44. The van der Waals surface area contributed by atoms with Gasteiger partial charge >= 0.3 is 0 Å². The van der Waals surface area contributed by atoms with E-state index in [9.17, 15) is 0 Å². The van der Waals surface area contributed by atoms with Crippen LogP contribution in [-0.4, -0.2) is 32.9 Å². The molecule has 0 radical (unpaired) electrons. The van der Waals surface area contributed by atoms with Gasteiger partial charge in [0.05, 0.1) is 13.7 Å². The maximum Gasteiger partial charge on any atom is 0.122 e. The van der Waals surface area contributed by atoms with Crippen LogP contribution in [0.25, 0.3) is 0 Å². The molecule has 3 heteroatoms. The van der Waals surface area contributed by atoms with E-state index in [0.717, 1.165) is 18.8 Å². The third-order valence-electron chi connectivity index (χ3n) is 2.70. The molecule has 0 aliphatic rings. The SMILES string of the molecule is COCC(C)NC(C)Cc1ccccc1OC. The van der Waals surface area contributed by atoms with Crippen molar-refractivity contribution >= 4 is 0 Å². The van der Waals surface area contributed by atoms with Gasteiger partial charge in [-0.25, -0.2) is 0 Å². The highest BCUT2D eigenvalue weighted by molar-refractivity contribution is 5.33. The van der Waals surface area contributed by atoms with Gasteiger partial charge in [-0.3, -0.25) is 0 Å². The number of hydrogen-bond donors (Lipinski definition) is 1. The second kappa shape index (κ2) is 7.30. The molecule has 0 aliphatic carbocycles. The standard InChI is InChI=1S/C14H23NO2/c1-11(15-12(2)10-16-3)9-13-7-5-6-8-14(13)17-4/h5-8,11-12,15H,9-10H2,1-4H3. The van der Waals surface area contributed by atoms with Gasteiger partial charge in [-0.2, -0.15) is 0 Å². The molecule has 1 aromatic rings. The first kappa shape index (κ1) is 14.0. The molecule has 1 rings (SSSR count). The number of rotatable bonds is 7. The third-order valence-corrected chi connectivity index (χ3v) is 2.70. The lowest BCUT2D eigenvalue weighted by Crippen LogP contribution is -2.38. The van der Waals surface area contributed by atoms with Crippen LogP contribution in [-0.2, 0) is 11.2 Å². The van der Waals surface area contributed by atoms with Gasteiger partial charge in [0, 0.05) is 19.2 Å². The Hall–Kier alpha value is -1.06. The summed E-state index contributed by atoms with van der Waals surface area (Å²) in [5.74, 6) is 0.959. The quantitative estimate of drug-likeness (QED) is 0.789. The number of hydrogen-bond acceptors (Lipinski definition) is 3. The molecule has 17 heavy (non-hydrogen) atoms. The Morgan fingerprint density at radius 3 is 2.47 bits per heavy atom. The first-order valence-electron chi connectivity index (χ1n) is 6.04. The van der Waals surface area contributed by atoms with Crippen LogP contribution < -0.4 is 10.1 Å². The van der Waals surface area contributed by atoms with E-state index in [1.165, 1.54) is 5.56 Å².